The maximum Gasteiger partial charge on any atom is 0.223 e. The number of nitrogens with zero attached hydrogens (tertiary/aromatic N) is 3. The highest BCUT2D eigenvalue weighted by Crippen LogP contribution is 2.13. The highest BCUT2D eigenvalue weighted by Gasteiger charge is 2.15. The average Bonchev–Trinajstić information content (AvgIpc) is 2.98. The monoisotopic (exact) mass is 293 g/mol. The van der Waals surface area contributed by atoms with Crippen LogP contribution in [-0.4, -0.2) is 52.2 Å². The van der Waals surface area contributed by atoms with Crippen molar-refractivity contribution in [1.29, 1.82) is 0 Å². The molecule has 0 saturated carbocycles. The van der Waals surface area contributed by atoms with E-state index in [9.17, 15) is 9.90 Å². The summed E-state index contributed by atoms with van der Waals surface area (Å²) in [4.78, 5) is 16.4. The molecule has 5 nitrogen and oxygen atoms in total. The fraction of sp³-hybridized carbons (Fsp3) is 0.688. The van der Waals surface area contributed by atoms with E-state index in [1.165, 1.54) is 12.8 Å². The van der Waals surface area contributed by atoms with Gasteiger partial charge in [-0.05, 0) is 39.0 Å². The Morgan fingerprint density at radius 3 is 2.52 bits per heavy atom. The highest BCUT2D eigenvalue weighted by molar-refractivity contribution is 5.20. The molecule has 21 heavy (non-hydrogen) atoms. The minimum Gasteiger partial charge on any atom is -0.503 e. The van der Waals surface area contributed by atoms with Crippen LogP contribution in [0.1, 0.15) is 32.4 Å². The third-order valence-electron chi connectivity index (χ3n) is 4.33. The summed E-state index contributed by atoms with van der Waals surface area (Å²) in [5.74, 6) is -0.153. The van der Waals surface area contributed by atoms with Gasteiger partial charge in [-0.15, -0.1) is 0 Å². The van der Waals surface area contributed by atoms with Gasteiger partial charge < -0.3 is 14.6 Å². The van der Waals surface area contributed by atoms with E-state index in [0.29, 0.717) is 0 Å². The smallest absolute Gasteiger partial charge is 0.223 e. The fourth-order valence-corrected chi connectivity index (χ4v) is 2.91. The van der Waals surface area contributed by atoms with Gasteiger partial charge in [-0.25, -0.2) is 0 Å². The molecule has 1 aromatic rings. The second-order valence-corrected chi connectivity index (χ2v) is 5.72. The van der Waals surface area contributed by atoms with Crippen LogP contribution in [0.5, 0.6) is 5.75 Å². The van der Waals surface area contributed by atoms with Gasteiger partial charge in [0.25, 0.3) is 0 Å². The van der Waals surface area contributed by atoms with Gasteiger partial charge in [-0.1, -0.05) is 13.8 Å². The standard InChI is InChI=1S/C16H27N3O2/c1-3-17(4-2)9-10-19-13-16(21)15(20)11-14(19)12-18-7-5-6-8-18/h11,13,21H,3-10,12H2,1-2H3. The SMILES string of the molecule is CCN(CC)CCn1cc(O)c(=O)cc1CN1CCCC1. The molecule has 2 heterocycles. The number of hydrogen-bond donors (Lipinski definition) is 1. The summed E-state index contributed by atoms with van der Waals surface area (Å²) in [6, 6.07) is 1.59. The van der Waals surface area contributed by atoms with E-state index in [0.717, 1.165) is 51.5 Å². The second-order valence-electron chi connectivity index (χ2n) is 5.72. The van der Waals surface area contributed by atoms with Crippen molar-refractivity contribution in [1.82, 2.24) is 14.4 Å². The van der Waals surface area contributed by atoms with Gasteiger partial charge in [0.1, 0.15) is 0 Å². The van der Waals surface area contributed by atoms with E-state index in [1.54, 1.807) is 12.3 Å². The molecule has 1 aliphatic heterocycles. The van der Waals surface area contributed by atoms with Crippen LogP contribution in [0, 0.1) is 0 Å². The molecule has 1 aromatic heterocycles. The van der Waals surface area contributed by atoms with Gasteiger partial charge in [0.2, 0.25) is 5.43 Å². The first-order chi connectivity index (χ1) is 10.1. The van der Waals surface area contributed by atoms with Crippen molar-refractivity contribution in [2.75, 3.05) is 32.7 Å². The summed E-state index contributed by atoms with van der Waals surface area (Å²) in [7, 11) is 0. The van der Waals surface area contributed by atoms with Crippen LogP contribution < -0.4 is 5.43 Å². The molecule has 0 spiro atoms. The largest absolute Gasteiger partial charge is 0.503 e. The van der Waals surface area contributed by atoms with Gasteiger partial charge in [0.15, 0.2) is 5.75 Å². The second kappa shape index (κ2) is 7.61. The number of rotatable bonds is 7. The summed E-state index contributed by atoms with van der Waals surface area (Å²) in [6.07, 6.45) is 4.07. The van der Waals surface area contributed by atoms with Crippen molar-refractivity contribution in [2.45, 2.75) is 39.8 Å². The molecule has 5 heteroatoms. The van der Waals surface area contributed by atoms with Crippen LogP contribution >= 0.6 is 0 Å². The maximum atomic E-state index is 11.7. The molecule has 1 saturated heterocycles. The van der Waals surface area contributed by atoms with Crippen LogP contribution in [0.15, 0.2) is 17.1 Å². The lowest BCUT2D eigenvalue weighted by molar-refractivity contribution is 0.279. The summed E-state index contributed by atoms with van der Waals surface area (Å²) in [5, 5.41) is 9.70. The lowest BCUT2D eigenvalue weighted by atomic mass is 10.3. The van der Waals surface area contributed by atoms with E-state index in [2.05, 4.69) is 23.6 Å². The summed E-state index contributed by atoms with van der Waals surface area (Å²) >= 11 is 0. The van der Waals surface area contributed by atoms with Gasteiger partial charge in [-0.2, -0.15) is 0 Å². The Labute approximate surface area is 126 Å². The Hall–Kier alpha value is -1.33. The minimum absolute atomic E-state index is 0.153. The van der Waals surface area contributed by atoms with E-state index >= 15 is 0 Å². The van der Waals surface area contributed by atoms with Crippen LogP contribution in [0.25, 0.3) is 0 Å². The van der Waals surface area contributed by atoms with Crippen LogP contribution in [0.4, 0.5) is 0 Å². The molecule has 0 bridgehead atoms. The maximum absolute atomic E-state index is 11.7. The first kappa shape index (κ1) is 16.0. The van der Waals surface area contributed by atoms with Crippen LogP contribution in [-0.2, 0) is 13.1 Å². The summed E-state index contributed by atoms with van der Waals surface area (Å²) in [5.41, 5.74) is 0.732. The zero-order chi connectivity index (χ0) is 15.2. The zero-order valence-corrected chi connectivity index (χ0v) is 13.2. The molecule has 0 unspecified atom stereocenters. The predicted molar refractivity (Wildman–Crippen MR) is 84.7 cm³/mol. The van der Waals surface area contributed by atoms with Crippen molar-refractivity contribution in [3.05, 3.63) is 28.2 Å². The molecule has 0 atom stereocenters. The van der Waals surface area contributed by atoms with Crippen molar-refractivity contribution in [3.8, 4) is 5.75 Å². The Morgan fingerprint density at radius 1 is 1.24 bits per heavy atom. The minimum atomic E-state index is -0.275. The fourth-order valence-electron chi connectivity index (χ4n) is 2.91. The van der Waals surface area contributed by atoms with E-state index in [4.69, 9.17) is 0 Å². The number of aromatic nitrogens is 1. The Bertz CT molecular complexity index is 503. The molecule has 0 aliphatic carbocycles. The molecular formula is C16H27N3O2. The lowest BCUT2D eigenvalue weighted by Gasteiger charge is -2.23. The third-order valence-corrected chi connectivity index (χ3v) is 4.33. The van der Waals surface area contributed by atoms with Crippen molar-refractivity contribution in [2.24, 2.45) is 0 Å². The van der Waals surface area contributed by atoms with Crippen LogP contribution in [0.3, 0.4) is 0 Å². The first-order valence-corrected chi connectivity index (χ1v) is 8.01. The molecule has 0 aromatic carbocycles. The van der Waals surface area contributed by atoms with Crippen LogP contribution in [0.2, 0.25) is 0 Å². The molecule has 1 fully saturated rings. The Balaban J connectivity index is 2.12. The van der Waals surface area contributed by atoms with E-state index in [1.807, 2.05) is 4.57 Å². The number of likely N-dealkylation sites (tertiary alicyclic amines) is 1. The molecule has 0 radical (unpaired) electrons. The van der Waals surface area contributed by atoms with Gasteiger partial charge in [0.05, 0.1) is 6.20 Å². The Morgan fingerprint density at radius 2 is 1.90 bits per heavy atom. The lowest BCUT2D eigenvalue weighted by Crippen LogP contribution is -2.29. The molecule has 1 aliphatic rings. The topological polar surface area (TPSA) is 48.7 Å². The van der Waals surface area contributed by atoms with Crippen molar-refractivity contribution in [3.63, 3.8) is 0 Å². The third kappa shape index (κ3) is 4.32. The summed E-state index contributed by atoms with van der Waals surface area (Å²) in [6.45, 7) is 11.1. The van der Waals surface area contributed by atoms with Gasteiger partial charge in [-0.3, -0.25) is 9.69 Å². The molecule has 2 rings (SSSR count). The predicted octanol–water partition coefficient (Wildman–Crippen LogP) is 1.49. The quantitative estimate of drug-likeness (QED) is 0.827. The number of hydrogen-bond acceptors (Lipinski definition) is 4. The molecule has 0 amide bonds. The number of likely N-dealkylation sites (N-methyl/N-ethyl adjacent to an activating group) is 1. The normalized spacial score (nSPS) is 16.0. The molecular weight excluding hydrogens is 266 g/mol. The average molecular weight is 293 g/mol. The molecule has 118 valence electrons. The van der Waals surface area contributed by atoms with Crippen molar-refractivity contribution >= 4 is 0 Å². The summed E-state index contributed by atoms with van der Waals surface area (Å²) < 4.78 is 2.04. The zero-order valence-electron chi connectivity index (χ0n) is 13.2. The Kier molecular flexibility index (Phi) is 5.82. The highest BCUT2D eigenvalue weighted by atomic mass is 16.3. The molecule has 1 N–H and O–H groups in total. The van der Waals surface area contributed by atoms with E-state index in [-0.39, 0.29) is 11.2 Å². The number of pyridine rings is 1. The number of aromatic hydroxyl groups is 1. The van der Waals surface area contributed by atoms with Gasteiger partial charge >= 0.3 is 0 Å². The van der Waals surface area contributed by atoms with Crippen molar-refractivity contribution < 1.29 is 5.11 Å². The first-order valence-electron chi connectivity index (χ1n) is 8.01. The van der Waals surface area contributed by atoms with E-state index < -0.39 is 0 Å². The van der Waals surface area contributed by atoms with Gasteiger partial charge in [0, 0.05) is 31.4 Å².